The van der Waals surface area contributed by atoms with Crippen molar-refractivity contribution in [3.8, 4) is 0 Å². The van der Waals surface area contributed by atoms with Crippen molar-refractivity contribution < 1.29 is 13.0 Å². The maximum Gasteiger partial charge on any atom is 0.294 e. The number of hydrogen-bond donors (Lipinski definition) is 1. The Balaban J connectivity index is 2.19. The zero-order chi connectivity index (χ0) is 22.2. The van der Waals surface area contributed by atoms with Crippen LogP contribution in [0.1, 0.15) is 19.3 Å². The maximum absolute atomic E-state index is 11.9. The van der Waals surface area contributed by atoms with Gasteiger partial charge < -0.3 is 0 Å². The standard InChI is InChI=1S/C26H27O3PS/c1-2-3-4-5-6-13-21-30(23-15-9-7-10-16-23,24-17-11-8-12-18-24)25-19-14-20-26(22-25)31(27,28)29/h2,6-20,22H,1,3-5,21H2/p+1. The molecule has 0 aromatic heterocycles. The Morgan fingerprint density at radius 2 is 1.35 bits per heavy atom. The predicted octanol–water partition coefficient (Wildman–Crippen LogP) is 5.14. The maximum atomic E-state index is 11.9. The lowest BCUT2D eigenvalue weighted by Crippen LogP contribution is -2.33. The van der Waals surface area contributed by atoms with Crippen LogP contribution in [-0.4, -0.2) is 19.1 Å². The number of unbranched alkanes of at least 4 members (excludes halogenated alkanes) is 2. The summed E-state index contributed by atoms with van der Waals surface area (Å²) >= 11 is 0. The fourth-order valence-corrected chi connectivity index (χ4v) is 8.41. The van der Waals surface area contributed by atoms with E-state index in [1.165, 1.54) is 16.7 Å². The van der Waals surface area contributed by atoms with Crippen LogP contribution < -0.4 is 15.9 Å². The topological polar surface area (TPSA) is 54.4 Å². The van der Waals surface area contributed by atoms with Crippen molar-refractivity contribution in [2.75, 3.05) is 6.16 Å². The highest BCUT2D eigenvalue weighted by molar-refractivity contribution is 7.96. The zero-order valence-electron chi connectivity index (χ0n) is 17.5. The fraction of sp³-hybridized carbons (Fsp3) is 0.154. The van der Waals surface area contributed by atoms with Gasteiger partial charge in [0, 0.05) is 6.07 Å². The number of rotatable bonds is 10. The van der Waals surface area contributed by atoms with Crippen LogP contribution in [0.4, 0.5) is 0 Å². The van der Waals surface area contributed by atoms with E-state index in [0.717, 1.165) is 30.7 Å². The molecule has 3 nitrogen and oxygen atoms in total. The van der Waals surface area contributed by atoms with Gasteiger partial charge in [0.2, 0.25) is 0 Å². The van der Waals surface area contributed by atoms with E-state index in [9.17, 15) is 13.0 Å². The first kappa shape index (κ1) is 23.1. The summed E-state index contributed by atoms with van der Waals surface area (Å²) in [7, 11) is -6.48. The summed E-state index contributed by atoms with van der Waals surface area (Å²) in [5.41, 5.74) is 0. The van der Waals surface area contributed by atoms with Gasteiger partial charge in [0.15, 0.2) is 0 Å². The van der Waals surface area contributed by atoms with Crippen molar-refractivity contribution in [1.29, 1.82) is 0 Å². The first-order valence-electron chi connectivity index (χ1n) is 10.3. The smallest absolute Gasteiger partial charge is 0.282 e. The molecule has 0 bridgehead atoms. The van der Waals surface area contributed by atoms with Crippen LogP contribution >= 0.6 is 7.26 Å². The van der Waals surface area contributed by atoms with Gasteiger partial charge in [-0.2, -0.15) is 8.42 Å². The monoisotopic (exact) mass is 451 g/mol. The molecule has 0 unspecified atom stereocenters. The van der Waals surface area contributed by atoms with Crippen LogP contribution in [0.5, 0.6) is 0 Å². The number of benzene rings is 3. The average Bonchev–Trinajstić information content (AvgIpc) is 2.79. The van der Waals surface area contributed by atoms with E-state index in [4.69, 9.17) is 0 Å². The Labute approximate surface area is 186 Å². The van der Waals surface area contributed by atoms with Gasteiger partial charge in [-0.1, -0.05) is 60.7 Å². The van der Waals surface area contributed by atoms with Crippen molar-refractivity contribution in [3.63, 3.8) is 0 Å². The van der Waals surface area contributed by atoms with E-state index >= 15 is 0 Å². The molecule has 0 saturated carbocycles. The quantitative estimate of drug-likeness (QED) is 0.201. The summed E-state index contributed by atoms with van der Waals surface area (Å²) in [4.78, 5) is -0.0730. The van der Waals surface area contributed by atoms with Crippen LogP contribution in [0.15, 0.2) is 115 Å². The van der Waals surface area contributed by atoms with E-state index in [-0.39, 0.29) is 4.90 Å². The fourth-order valence-electron chi connectivity index (χ4n) is 3.74. The summed E-state index contributed by atoms with van der Waals surface area (Å²) in [6, 6.07) is 27.3. The van der Waals surface area contributed by atoms with Crippen molar-refractivity contribution in [2.45, 2.75) is 24.2 Å². The van der Waals surface area contributed by atoms with Gasteiger partial charge in [0.1, 0.15) is 23.2 Å². The summed E-state index contributed by atoms with van der Waals surface area (Å²) in [5, 5.41) is 3.27. The summed E-state index contributed by atoms with van der Waals surface area (Å²) in [6.07, 6.45) is 10.1. The molecular formula is C26H28O3PS+. The minimum Gasteiger partial charge on any atom is -0.282 e. The van der Waals surface area contributed by atoms with Crippen LogP contribution in [-0.2, 0) is 10.1 Å². The molecule has 160 valence electrons. The van der Waals surface area contributed by atoms with Gasteiger partial charge >= 0.3 is 0 Å². The Morgan fingerprint density at radius 3 is 1.90 bits per heavy atom. The predicted molar refractivity (Wildman–Crippen MR) is 133 cm³/mol. The number of hydrogen-bond acceptors (Lipinski definition) is 2. The van der Waals surface area contributed by atoms with Crippen molar-refractivity contribution in [3.05, 3.63) is 110 Å². The molecule has 31 heavy (non-hydrogen) atoms. The van der Waals surface area contributed by atoms with Crippen LogP contribution in [0.25, 0.3) is 0 Å². The van der Waals surface area contributed by atoms with Gasteiger partial charge in [-0.15, -0.1) is 6.58 Å². The number of allylic oxidation sites excluding steroid dienone is 3. The Bertz CT molecular complexity index is 1080. The van der Waals surface area contributed by atoms with Crippen molar-refractivity contribution >= 4 is 33.3 Å². The third-order valence-electron chi connectivity index (χ3n) is 5.28. The van der Waals surface area contributed by atoms with E-state index in [0.29, 0.717) is 0 Å². The summed E-state index contributed by atoms with van der Waals surface area (Å²) < 4.78 is 33.5. The Hall–Kier alpha value is -2.52. The molecule has 3 rings (SSSR count). The van der Waals surface area contributed by atoms with Gasteiger partial charge in [0.25, 0.3) is 10.1 Å². The molecule has 0 saturated heterocycles. The lowest BCUT2D eigenvalue weighted by atomic mass is 10.2. The second kappa shape index (κ2) is 10.7. The highest BCUT2D eigenvalue weighted by Gasteiger charge is 2.44. The van der Waals surface area contributed by atoms with Crippen molar-refractivity contribution in [2.24, 2.45) is 0 Å². The van der Waals surface area contributed by atoms with Crippen LogP contribution in [0.3, 0.4) is 0 Å². The highest BCUT2D eigenvalue weighted by Crippen LogP contribution is 2.55. The molecule has 0 atom stereocenters. The molecule has 0 aliphatic heterocycles. The molecule has 0 heterocycles. The zero-order valence-corrected chi connectivity index (χ0v) is 19.2. The van der Waals surface area contributed by atoms with Crippen molar-refractivity contribution in [1.82, 2.24) is 0 Å². The first-order valence-corrected chi connectivity index (χ1v) is 13.7. The minimum absolute atomic E-state index is 0.0730. The highest BCUT2D eigenvalue weighted by atomic mass is 32.2. The Morgan fingerprint density at radius 1 is 0.774 bits per heavy atom. The third-order valence-corrected chi connectivity index (χ3v) is 10.4. The second-order valence-corrected chi connectivity index (χ2v) is 12.3. The summed E-state index contributed by atoms with van der Waals surface area (Å²) in [6.45, 7) is 3.78. The van der Waals surface area contributed by atoms with E-state index in [2.05, 4.69) is 43.0 Å². The van der Waals surface area contributed by atoms with Gasteiger partial charge in [-0.25, -0.2) is 0 Å². The van der Waals surface area contributed by atoms with E-state index in [1.807, 2.05) is 48.5 Å². The molecule has 0 amide bonds. The van der Waals surface area contributed by atoms with E-state index < -0.39 is 17.4 Å². The molecular weight excluding hydrogens is 423 g/mol. The van der Waals surface area contributed by atoms with E-state index in [1.54, 1.807) is 12.1 Å². The molecule has 0 spiro atoms. The molecule has 5 heteroatoms. The molecule has 3 aromatic rings. The molecule has 0 aliphatic rings. The molecule has 0 aliphatic carbocycles. The largest absolute Gasteiger partial charge is 0.294 e. The molecule has 0 radical (unpaired) electrons. The first-order chi connectivity index (χ1) is 15.0. The second-order valence-electron chi connectivity index (χ2n) is 7.33. The molecule has 0 fully saturated rings. The Kier molecular flexibility index (Phi) is 7.97. The van der Waals surface area contributed by atoms with Gasteiger partial charge in [0.05, 0.1) is 11.1 Å². The van der Waals surface area contributed by atoms with Crippen LogP contribution in [0, 0.1) is 0 Å². The van der Waals surface area contributed by atoms with Gasteiger partial charge in [-0.3, -0.25) is 4.55 Å². The average molecular weight is 452 g/mol. The normalized spacial score (nSPS) is 12.2. The minimum atomic E-state index is -4.30. The summed E-state index contributed by atoms with van der Waals surface area (Å²) in [5.74, 6) is 0. The lowest BCUT2D eigenvalue weighted by Gasteiger charge is -2.27. The third kappa shape index (κ3) is 5.59. The van der Waals surface area contributed by atoms with Crippen LogP contribution in [0.2, 0.25) is 0 Å². The van der Waals surface area contributed by atoms with Gasteiger partial charge in [-0.05, 0) is 55.7 Å². The lowest BCUT2D eigenvalue weighted by molar-refractivity contribution is 0.483. The molecule has 1 N–H and O–H groups in total. The SMILES string of the molecule is C=CCCCC=CC[P+](c1ccccc1)(c1ccccc1)c1cccc(S(=O)(=O)O)c1. The molecule has 3 aromatic carbocycles.